The molecule has 2 N–H and O–H groups in total. The highest BCUT2D eigenvalue weighted by Crippen LogP contribution is 2.15. The van der Waals surface area contributed by atoms with Gasteiger partial charge < -0.3 is 15.0 Å². The minimum absolute atomic E-state index is 0.133. The van der Waals surface area contributed by atoms with E-state index in [1.54, 1.807) is 30.3 Å². The molecule has 3 heterocycles. The Morgan fingerprint density at radius 1 is 1.36 bits per heavy atom. The maximum absolute atomic E-state index is 12.3. The Balaban J connectivity index is 1.52. The number of halogens is 1. The highest BCUT2D eigenvalue weighted by atomic mass is 35.5. The number of rotatable bonds is 3. The Bertz CT molecular complexity index is 947. The van der Waals surface area contributed by atoms with Gasteiger partial charge in [-0.05, 0) is 35.3 Å². The van der Waals surface area contributed by atoms with Gasteiger partial charge in [0.1, 0.15) is 0 Å². The molecule has 0 saturated carbocycles. The molecule has 1 aliphatic rings. The van der Waals surface area contributed by atoms with Crippen LogP contribution in [0.5, 0.6) is 0 Å². The number of nitrogens with one attached hydrogen (secondary N) is 1. The smallest absolute Gasteiger partial charge is 0.423 e. The molecule has 0 atom stereocenters. The summed E-state index contributed by atoms with van der Waals surface area (Å²) in [4.78, 5) is 16.4. The monoisotopic (exact) mass is 355 g/mol. The lowest BCUT2D eigenvalue weighted by Gasteiger charge is -2.05. The second-order valence-electron chi connectivity index (χ2n) is 5.41. The number of anilines is 1. The van der Waals surface area contributed by atoms with Crippen molar-refractivity contribution in [3.05, 3.63) is 59.0 Å². The number of pyridine rings is 1. The van der Waals surface area contributed by atoms with E-state index in [0.29, 0.717) is 28.6 Å². The first-order chi connectivity index (χ1) is 12.1. The van der Waals surface area contributed by atoms with Crippen molar-refractivity contribution in [2.24, 2.45) is 0 Å². The maximum atomic E-state index is 12.3. The molecule has 1 amide bonds. The number of aromatic nitrogens is 4. The zero-order valence-electron chi connectivity index (χ0n) is 12.8. The number of carbonyl (C=O) groups excluding carboxylic acids is 1. The van der Waals surface area contributed by atoms with Crippen molar-refractivity contribution >= 4 is 35.8 Å². The fourth-order valence-corrected chi connectivity index (χ4v) is 2.58. The second kappa shape index (κ2) is 6.28. The van der Waals surface area contributed by atoms with Crippen LogP contribution in [-0.2, 0) is 11.3 Å². The summed E-state index contributed by atoms with van der Waals surface area (Å²) in [5, 5.41) is 20.7. The maximum Gasteiger partial charge on any atom is 0.491 e. The highest BCUT2D eigenvalue weighted by Gasteiger charge is 2.27. The molecule has 3 aromatic rings. The minimum Gasteiger partial charge on any atom is -0.423 e. The largest absolute Gasteiger partial charge is 0.491 e. The van der Waals surface area contributed by atoms with Crippen LogP contribution < -0.4 is 10.8 Å². The first kappa shape index (κ1) is 15.8. The van der Waals surface area contributed by atoms with Gasteiger partial charge in [-0.15, -0.1) is 5.10 Å². The third kappa shape index (κ3) is 3.12. The van der Waals surface area contributed by atoms with Gasteiger partial charge in [-0.1, -0.05) is 22.9 Å². The summed E-state index contributed by atoms with van der Waals surface area (Å²) in [7, 11) is -0.969. The number of hydrogen-bond donors (Lipinski definition) is 2. The Kier molecular flexibility index (Phi) is 3.96. The van der Waals surface area contributed by atoms with Crippen molar-refractivity contribution in [1.82, 2.24) is 20.0 Å². The fourth-order valence-electron chi connectivity index (χ4n) is 2.47. The quantitative estimate of drug-likeness (QED) is 0.673. The Morgan fingerprint density at radius 2 is 2.24 bits per heavy atom. The van der Waals surface area contributed by atoms with Gasteiger partial charge in [0.25, 0.3) is 5.91 Å². The Labute approximate surface area is 147 Å². The van der Waals surface area contributed by atoms with Crippen molar-refractivity contribution in [3.8, 4) is 5.82 Å². The van der Waals surface area contributed by atoms with E-state index in [9.17, 15) is 9.82 Å². The molecule has 0 bridgehead atoms. The number of hydrogen-bond acceptors (Lipinski definition) is 6. The number of nitrogens with zero attached hydrogens (tertiary/aromatic N) is 4. The summed E-state index contributed by atoms with van der Waals surface area (Å²) in [6.07, 6.45) is 2.95. The number of amides is 1. The Hall–Kier alpha value is -2.75. The molecule has 1 aromatic carbocycles. The van der Waals surface area contributed by atoms with Crippen LogP contribution in [0.3, 0.4) is 0 Å². The van der Waals surface area contributed by atoms with Crippen molar-refractivity contribution in [2.45, 2.75) is 6.61 Å². The van der Waals surface area contributed by atoms with Crippen LogP contribution >= 0.6 is 11.6 Å². The van der Waals surface area contributed by atoms with Crippen molar-refractivity contribution < 1.29 is 14.5 Å². The molecular weight excluding hydrogens is 344 g/mol. The molecule has 1 aliphatic heterocycles. The summed E-state index contributed by atoms with van der Waals surface area (Å²) in [5.74, 6) is 0.0716. The topological polar surface area (TPSA) is 102 Å². The third-order valence-electron chi connectivity index (χ3n) is 3.74. The summed E-state index contributed by atoms with van der Waals surface area (Å²) < 4.78 is 6.51. The second-order valence-corrected chi connectivity index (χ2v) is 5.85. The zero-order valence-corrected chi connectivity index (χ0v) is 13.5. The van der Waals surface area contributed by atoms with E-state index < -0.39 is 13.0 Å². The minimum atomic E-state index is -0.969. The number of benzene rings is 1. The van der Waals surface area contributed by atoms with E-state index >= 15 is 0 Å². The van der Waals surface area contributed by atoms with Crippen LogP contribution in [-0.4, -0.2) is 38.0 Å². The molecule has 10 heteroatoms. The standard InChI is InChI=1S/C15H11BClN5O3/c17-10-2-4-14(18-6-10)22-7-13(20-21-22)15(23)19-11-3-1-9-8-25-16(24)12(9)5-11/h1-7,24H,8H2,(H,19,23). The van der Waals surface area contributed by atoms with Gasteiger partial charge in [-0.3, -0.25) is 4.79 Å². The van der Waals surface area contributed by atoms with Gasteiger partial charge in [0.2, 0.25) is 0 Å². The van der Waals surface area contributed by atoms with Crippen LogP contribution in [0.4, 0.5) is 5.69 Å². The van der Waals surface area contributed by atoms with Crippen LogP contribution in [0.1, 0.15) is 16.1 Å². The average molecular weight is 356 g/mol. The first-order valence-electron chi connectivity index (χ1n) is 7.38. The van der Waals surface area contributed by atoms with Gasteiger partial charge in [0.05, 0.1) is 17.8 Å². The first-order valence-corrected chi connectivity index (χ1v) is 7.76. The lowest BCUT2D eigenvalue weighted by Crippen LogP contribution is -2.28. The predicted octanol–water partition coefficient (Wildman–Crippen LogP) is 0.786. The number of fused-ring (bicyclic) bond motifs is 1. The van der Waals surface area contributed by atoms with Gasteiger partial charge in [0.15, 0.2) is 11.5 Å². The average Bonchev–Trinajstić information content (AvgIpc) is 3.24. The zero-order chi connectivity index (χ0) is 17.4. The molecule has 0 fully saturated rings. The molecular formula is C15H11BClN5O3. The van der Waals surface area contributed by atoms with Crippen LogP contribution in [0, 0.1) is 0 Å². The van der Waals surface area contributed by atoms with E-state index in [4.69, 9.17) is 16.3 Å². The van der Waals surface area contributed by atoms with E-state index in [1.807, 2.05) is 0 Å². The summed E-state index contributed by atoms with van der Waals surface area (Å²) in [6, 6.07) is 8.55. The van der Waals surface area contributed by atoms with Crippen LogP contribution in [0.25, 0.3) is 5.82 Å². The predicted molar refractivity (Wildman–Crippen MR) is 91.0 cm³/mol. The Morgan fingerprint density at radius 3 is 3.04 bits per heavy atom. The van der Waals surface area contributed by atoms with Gasteiger partial charge in [0, 0.05) is 11.9 Å². The van der Waals surface area contributed by atoms with Crippen molar-refractivity contribution in [2.75, 3.05) is 5.32 Å². The van der Waals surface area contributed by atoms with E-state index in [0.717, 1.165) is 5.56 Å². The molecule has 124 valence electrons. The van der Waals surface area contributed by atoms with Gasteiger partial charge >= 0.3 is 7.12 Å². The molecule has 0 saturated heterocycles. The lowest BCUT2D eigenvalue weighted by atomic mass is 9.79. The van der Waals surface area contributed by atoms with E-state index in [1.165, 1.54) is 17.1 Å². The molecule has 0 radical (unpaired) electrons. The molecule has 4 rings (SSSR count). The molecule has 8 nitrogen and oxygen atoms in total. The lowest BCUT2D eigenvalue weighted by molar-refractivity contribution is 0.102. The van der Waals surface area contributed by atoms with Crippen molar-refractivity contribution in [1.29, 1.82) is 0 Å². The summed E-state index contributed by atoms with van der Waals surface area (Å²) >= 11 is 5.80. The van der Waals surface area contributed by atoms with Crippen LogP contribution in [0.15, 0.2) is 42.7 Å². The van der Waals surface area contributed by atoms with E-state index in [2.05, 4.69) is 20.6 Å². The molecule has 25 heavy (non-hydrogen) atoms. The van der Waals surface area contributed by atoms with Gasteiger partial charge in [-0.2, -0.15) is 0 Å². The van der Waals surface area contributed by atoms with E-state index in [-0.39, 0.29) is 5.69 Å². The molecule has 0 spiro atoms. The summed E-state index contributed by atoms with van der Waals surface area (Å²) in [6.45, 7) is 0.354. The summed E-state index contributed by atoms with van der Waals surface area (Å²) in [5.41, 5.74) is 2.21. The SMILES string of the molecule is O=C(Nc1ccc2c(c1)B(O)OC2)c1cn(-c2ccc(Cl)cn2)nn1. The number of carbonyl (C=O) groups is 1. The van der Waals surface area contributed by atoms with Crippen molar-refractivity contribution in [3.63, 3.8) is 0 Å². The highest BCUT2D eigenvalue weighted by molar-refractivity contribution is 6.61. The fraction of sp³-hybridized carbons (Fsp3) is 0.0667. The van der Waals surface area contributed by atoms with Crippen LogP contribution in [0.2, 0.25) is 5.02 Å². The molecule has 2 aromatic heterocycles. The normalized spacial score (nSPS) is 13.0. The molecule has 0 unspecified atom stereocenters. The third-order valence-corrected chi connectivity index (χ3v) is 3.96. The molecule has 0 aliphatic carbocycles. The van der Waals surface area contributed by atoms with Gasteiger partial charge in [-0.25, -0.2) is 9.67 Å².